The second kappa shape index (κ2) is 12.4. The molecule has 32 heavy (non-hydrogen) atoms. The Balaban J connectivity index is 0.000000224. The van der Waals surface area contributed by atoms with E-state index in [2.05, 4.69) is 18.3 Å². The van der Waals surface area contributed by atoms with E-state index in [0.717, 1.165) is 48.4 Å². The Kier molecular flexibility index (Phi) is 10.3. The number of nitrogens with two attached hydrogens (primary N) is 1. The van der Waals surface area contributed by atoms with Gasteiger partial charge < -0.3 is 30.7 Å². The summed E-state index contributed by atoms with van der Waals surface area (Å²) in [7, 11) is 3.33. The Hall–Kier alpha value is -1.83. The van der Waals surface area contributed by atoms with E-state index in [0.29, 0.717) is 12.8 Å². The standard InChI is InChI=1S/C14H21NO2.C11H15NO2.ClH/c1-3-7-15-12-8-10-5-4-6-14(17-2)11(10)9-13(12)16;1-14-11-4-2-3-7-5-9(12)10(13)6-8(7)11;/h4-6,12-13,15-16H,3,7-9H2,1-2H3;2-4,9-10,13H,5-6,12H2,1H3;1H/t12-,13-;9?,10-;/m11./s1. The van der Waals surface area contributed by atoms with Crippen molar-refractivity contribution >= 4 is 12.4 Å². The predicted octanol–water partition coefficient (Wildman–Crippen LogP) is 2.43. The summed E-state index contributed by atoms with van der Waals surface area (Å²) in [5.41, 5.74) is 10.5. The normalized spacial score (nSPS) is 23.6. The van der Waals surface area contributed by atoms with E-state index in [9.17, 15) is 10.2 Å². The van der Waals surface area contributed by atoms with Crippen molar-refractivity contribution in [3.05, 3.63) is 58.7 Å². The fourth-order valence-corrected chi connectivity index (χ4v) is 4.46. The number of aliphatic hydroxyl groups is 2. The molecule has 7 heteroatoms. The minimum absolute atomic E-state index is 0. The SMILES string of the molecule is CCCN[C@@H]1Cc2cccc(OC)c2C[C@H]1O.COc1cccc2c1C[C@@H](O)C(N)C2.Cl. The fourth-order valence-electron chi connectivity index (χ4n) is 4.46. The molecule has 2 aromatic rings. The summed E-state index contributed by atoms with van der Waals surface area (Å²) < 4.78 is 10.6. The number of halogens is 1. The number of aliphatic hydroxyl groups excluding tert-OH is 2. The van der Waals surface area contributed by atoms with Crippen LogP contribution in [0.5, 0.6) is 11.5 Å². The van der Waals surface area contributed by atoms with Crippen molar-refractivity contribution in [3.63, 3.8) is 0 Å². The lowest BCUT2D eigenvalue weighted by atomic mass is 9.85. The molecule has 0 aliphatic heterocycles. The summed E-state index contributed by atoms with van der Waals surface area (Å²) in [6.45, 7) is 3.10. The Morgan fingerprint density at radius 1 is 0.875 bits per heavy atom. The molecule has 4 rings (SSSR count). The number of nitrogens with one attached hydrogen (secondary N) is 1. The van der Waals surface area contributed by atoms with Crippen molar-refractivity contribution in [2.45, 2.75) is 63.3 Å². The van der Waals surface area contributed by atoms with Gasteiger partial charge in [0.25, 0.3) is 0 Å². The van der Waals surface area contributed by atoms with Crippen LogP contribution in [0.1, 0.15) is 35.6 Å². The van der Waals surface area contributed by atoms with Gasteiger partial charge >= 0.3 is 0 Å². The molecule has 0 spiro atoms. The smallest absolute Gasteiger partial charge is 0.122 e. The Morgan fingerprint density at radius 3 is 1.94 bits per heavy atom. The highest BCUT2D eigenvalue weighted by Crippen LogP contribution is 2.30. The number of ether oxygens (including phenoxy) is 2. The molecule has 1 unspecified atom stereocenters. The van der Waals surface area contributed by atoms with Gasteiger partial charge in [0.05, 0.1) is 26.4 Å². The van der Waals surface area contributed by atoms with Crippen LogP contribution < -0.4 is 20.5 Å². The summed E-state index contributed by atoms with van der Waals surface area (Å²) in [5, 5.41) is 23.2. The second-order valence-electron chi connectivity index (χ2n) is 8.37. The van der Waals surface area contributed by atoms with Gasteiger partial charge in [-0.2, -0.15) is 0 Å². The summed E-state index contributed by atoms with van der Waals surface area (Å²) in [6.07, 6.45) is 3.22. The summed E-state index contributed by atoms with van der Waals surface area (Å²) in [5.74, 6) is 1.75. The van der Waals surface area contributed by atoms with E-state index in [-0.39, 0.29) is 30.6 Å². The van der Waals surface area contributed by atoms with Gasteiger partial charge in [-0.3, -0.25) is 0 Å². The minimum atomic E-state index is -0.446. The van der Waals surface area contributed by atoms with E-state index >= 15 is 0 Å². The van der Waals surface area contributed by atoms with Crippen LogP contribution >= 0.6 is 12.4 Å². The Bertz CT molecular complexity index is 864. The van der Waals surface area contributed by atoms with Gasteiger partial charge in [-0.15, -0.1) is 12.4 Å². The van der Waals surface area contributed by atoms with Gasteiger partial charge in [0.2, 0.25) is 0 Å². The van der Waals surface area contributed by atoms with Crippen LogP contribution in [0.3, 0.4) is 0 Å². The summed E-state index contributed by atoms with van der Waals surface area (Å²) >= 11 is 0. The number of hydrogen-bond donors (Lipinski definition) is 4. The van der Waals surface area contributed by atoms with Crippen LogP contribution in [-0.4, -0.2) is 55.3 Å². The quantitative estimate of drug-likeness (QED) is 0.542. The highest BCUT2D eigenvalue weighted by molar-refractivity contribution is 5.85. The van der Waals surface area contributed by atoms with Crippen molar-refractivity contribution in [1.82, 2.24) is 5.32 Å². The maximum atomic E-state index is 10.1. The average molecular weight is 465 g/mol. The molecule has 2 aliphatic rings. The van der Waals surface area contributed by atoms with Crippen LogP contribution in [0, 0.1) is 0 Å². The molecular weight excluding hydrogens is 428 g/mol. The lowest BCUT2D eigenvalue weighted by molar-refractivity contribution is 0.118. The molecule has 0 radical (unpaired) electrons. The molecule has 0 amide bonds. The average Bonchev–Trinajstić information content (AvgIpc) is 2.78. The zero-order valence-corrected chi connectivity index (χ0v) is 20.0. The van der Waals surface area contributed by atoms with E-state index < -0.39 is 6.10 Å². The van der Waals surface area contributed by atoms with Crippen LogP contribution in [0.25, 0.3) is 0 Å². The molecule has 5 N–H and O–H groups in total. The molecule has 4 atom stereocenters. The van der Waals surface area contributed by atoms with Crippen molar-refractivity contribution in [2.75, 3.05) is 20.8 Å². The Morgan fingerprint density at radius 2 is 1.41 bits per heavy atom. The largest absolute Gasteiger partial charge is 0.496 e. The van der Waals surface area contributed by atoms with Crippen molar-refractivity contribution in [3.8, 4) is 11.5 Å². The first-order valence-electron chi connectivity index (χ1n) is 11.1. The number of methoxy groups -OCH3 is 2. The van der Waals surface area contributed by atoms with Crippen molar-refractivity contribution in [1.29, 1.82) is 0 Å². The first kappa shape index (κ1) is 26.4. The second-order valence-corrected chi connectivity index (χ2v) is 8.37. The number of hydrogen-bond acceptors (Lipinski definition) is 6. The van der Waals surface area contributed by atoms with E-state index in [1.54, 1.807) is 14.2 Å². The van der Waals surface area contributed by atoms with E-state index in [1.165, 1.54) is 11.1 Å². The third-order valence-electron chi connectivity index (χ3n) is 6.24. The first-order chi connectivity index (χ1) is 15.0. The number of rotatable bonds is 5. The third kappa shape index (κ3) is 6.15. The van der Waals surface area contributed by atoms with Crippen LogP contribution in [-0.2, 0) is 25.7 Å². The van der Waals surface area contributed by atoms with Gasteiger partial charge in [-0.25, -0.2) is 0 Å². The highest BCUT2D eigenvalue weighted by Gasteiger charge is 2.28. The molecule has 0 saturated heterocycles. The molecule has 2 aromatic carbocycles. The summed E-state index contributed by atoms with van der Waals surface area (Å²) in [4.78, 5) is 0. The van der Waals surface area contributed by atoms with Gasteiger partial charge in [-0.1, -0.05) is 31.2 Å². The predicted molar refractivity (Wildman–Crippen MR) is 130 cm³/mol. The van der Waals surface area contributed by atoms with E-state index in [4.69, 9.17) is 15.2 Å². The molecule has 0 saturated carbocycles. The summed E-state index contributed by atoms with van der Waals surface area (Å²) in [6, 6.07) is 12.1. The van der Waals surface area contributed by atoms with Gasteiger partial charge in [0.15, 0.2) is 0 Å². The minimum Gasteiger partial charge on any atom is -0.496 e. The maximum Gasteiger partial charge on any atom is 0.122 e. The van der Waals surface area contributed by atoms with Gasteiger partial charge in [0.1, 0.15) is 11.5 Å². The Labute approximate surface area is 197 Å². The van der Waals surface area contributed by atoms with Crippen molar-refractivity contribution in [2.24, 2.45) is 5.73 Å². The highest BCUT2D eigenvalue weighted by atomic mass is 35.5. The monoisotopic (exact) mass is 464 g/mol. The topological polar surface area (TPSA) is 97.0 Å². The first-order valence-corrected chi connectivity index (χ1v) is 11.1. The van der Waals surface area contributed by atoms with Crippen LogP contribution in [0.4, 0.5) is 0 Å². The third-order valence-corrected chi connectivity index (χ3v) is 6.24. The maximum absolute atomic E-state index is 10.1. The number of benzene rings is 2. The zero-order valence-electron chi connectivity index (χ0n) is 19.2. The molecule has 2 aliphatic carbocycles. The fraction of sp³-hybridized carbons (Fsp3) is 0.520. The van der Waals surface area contributed by atoms with Gasteiger partial charge in [-0.05, 0) is 60.2 Å². The molecule has 0 aromatic heterocycles. The molecule has 0 heterocycles. The lowest BCUT2D eigenvalue weighted by Gasteiger charge is -2.31. The van der Waals surface area contributed by atoms with Crippen LogP contribution in [0.2, 0.25) is 0 Å². The van der Waals surface area contributed by atoms with Crippen LogP contribution in [0.15, 0.2) is 36.4 Å². The molecule has 0 bridgehead atoms. The van der Waals surface area contributed by atoms with Crippen molar-refractivity contribution < 1.29 is 19.7 Å². The molecule has 0 fully saturated rings. The molecule has 178 valence electrons. The zero-order chi connectivity index (χ0) is 22.4. The molecular formula is C25H37ClN2O4. The molecule has 6 nitrogen and oxygen atoms in total. The van der Waals surface area contributed by atoms with E-state index in [1.807, 2.05) is 30.3 Å². The number of fused-ring (bicyclic) bond motifs is 2. The lowest BCUT2D eigenvalue weighted by Crippen LogP contribution is -2.45. The van der Waals surface area contributed by atoms with Gasteiger partial charge in [0, 0.05) is 24.9 Å².